The van der Waals surface area contributed by atoms with Crippen molar-refractivity contribution in [2.75, 3.05) is 29.2 Å². The minimum absolute atomic E-state index is 0.0335. The second kappa shape index (κ2) is 14.0. The summed E-state index contributed by atoms with van der Waals surface area (Å²) < 4.78 is 32.6. The molecule has 0 heterocycles. The van der Waals surface area contributed by atoms with Crippen LogP contribution in [0.4, 0.5) is 25.8 Å². The lowest BCUT2D eigenvalue weighted by atomic mass is 9.94. The molecule has 0 fully saturated rings. The fraction of sp³-hybridized carbons (Fsp3) is 0.222. The zero-order valence-corrected chi connectivity index (χ0v) is 25.2. The Bertz CT molecular complexity index is 1480. The zero-order valence-electron chi connectivity index (χ0n) is 21.4. The van der Waals surface area contributed by atoms with Crippen LogP contribution in [0.2, 0.25) is 15.1 Å². The number of hydrogen-bond acceptors (Lipinski definition) is 4. The van der Waals surface area contributed by atoms with Gasteiger partial charge in [0.05, 0.1) is 32.2 Å². The van der Waals surface area contributed by atoms with E-state index in [9.17, 15) is 18.8 Å². The second-order valence-electron chi connectivity index (χ2n) is 8.67. The third kappa shape index (κ3) is 8.44. The summed E-state index contributed by atoms with van der Waals surface area (Å²) >= 11 is 30.9. The van der Waals surface area contributed by atoms with E-state index in [1.54, 1.807) is 13.0 Å². The maximum atomic E-state index is 15.0. The number of carbonyl (C=O) groups is 3. The molecule has 0 saturated heterocycles. The Kier molecular flexibility index (Phi) is 11.2. The number of halogens is 7. The zero-order chi connectivity index (χ0) is 30.5. The molecule has 0 aliphatic carbocycles. The Morgan fingerprint density at radius 3 is 2.22 bits per heavy atom. The molecule has 14 heteroatoms. The van der Waals surface area contributed by atoms with Crippen LogP contribution in [-0.4, -0.2) is 35.3 Å². The largest absolute Gasteiger partial charge is 0.372 e. The van der Waals surface area contributed by atoms with Crippen molar-refractivity contribution in [3.63, 3.8) is 0 Å². The van der Waals surface area contributed by atoms with Crippen molar-refractivity contribution >= 4 is 92.8 Å². The van der Waals surface area contributed by atoms with Crippen LogP contribution in [0.5, 0.6) is 0 Å². The first-order chi connectivity index (χ1) is 19.2. The van der Waals surface area contributed by atoms with Gasteiger partial charge in [-0.2, -0.15) is 0 Å². The fourth-order valence-corrected chi connectivity index (χ4v) is 4.64. The monoisotopic (exact) mass is 665 g/mol. The molecule has 0 spiro atoms. The molecule has 3 N–H and O–H groups in total. The molecular weight excluding hydrogens is 646 g/mol. The van der Waals surface area contributed by atoms with Gasteiger partial charge in [0.1, 0.15) is 22.4 Å². The molecule has 3 aromatic carbocycles. The van der Waals surface area contributed by atoms with Gasteiger partial charge in [0.25, 0.3) is 11.8 Å². The number of ether oxygens (including phenoxy) is 1. The van der Waals surface area contributed by atoms with Crippen molar-refractivity contribution in [3.05, 3.63) is 86.4 Å². The molecule has 1 atom stereocenters. The van der Waals surface area contributed by atoms with Crippen LogP contribution in [0.15, 0.2) is 48.5 Å². The van der Waals surface area contributed by atoms with E-state index >= 15 is 4.39 Å². The fourth-order valence-electron chi connectivity index (χ4n) is 3.68. The van der Waals surface area contributed by atoms with E-state index in [1.165, 1.54) is 37.3 Å². The van der Waals surface area contributed by atoms with Gasteiger partial charge in [-0.3, -0.25) is 14.4 Å². The van der Waals surface area contributed by atoms with Crippen molar-refractivity contribution in [2.24, 2.45) is 0 Å². The number of benzene rings is 3. The average Bonchev–Trinajstić information content (AvgIpc) is 2.89. The van der Waals surface area contributed by atoms with Gasteiger partial charge in [-0.1, -0.05) is 40.9 Å². The molecule has 0 radical (unpaired) electrons. The smallest absolute Gasteiger partial charge is 0.257 e. The van der Waals surface area contributed by atoms with Crippen LogP contribution in [0.3, 0.4) is 0 Å². The first-order valence-corrected chi connectivity index (χ1v) is 13.7. The number of amides is 3. The summed E-state index contributed by atoms with van der Waals surface area (Å²) in [4.78, 5) is 38.2. The highest BCUT2D eigenvalue weighted by atomic mass is 35.5. The van der Waals surface area contributed by atoms with Gasteiger partial charge in [-0.15, -0.1) is 23.2 Å². The highest BCUT2D eigenvalue weighted by Crippen LogP contribution is 2.40. The Balaban J connectivity index is 1.85. The summed E-state index contributed by atoms with van der Waals surface area (Å²) in [5, 5.41) is 7.42. The summed E-state index contributed by atoms with van der Waals surface area (Å²) in [6.45, 7) is 2.88. The lowest BCUT2D eigenvalue weighted by Gasteiger charge is -2.26. The third-order valence-corrected chi connectivity index (χ3v) is 7.07. The van der Waals surface area contributed by atoms with E-state index in [4.69, 9.17) is 62.7 Å². The summed E-state index contributed by atoms with van der Waals surface area (Å²) in [7, 11) is 0. The summed E-state index contributed by atoms with van der Waals surface area (Å²) in [5.41, 5.74) is -0.838. The quantitative estimate of drug-likeness (QED) is 0.191. The van der Waals surface area contributed by atoms with Crippen molar-refractivity contribution < 1.29 is 27.9 Å². The van der Waals surface area contributed by atoms with Crippen LogP contribution in [-0.2, 0) is 14.3 Å². The standard InChI is InChI=1S/C27H22Cl5F2N3O4/c1-3-41-12-21(38)37-24-19(33)8-9-20(23(24)34)36-25(39)15-11-14(5-7-16(15)28)35-26(40)22(27(2,31)32)13-4-6-17(29)18(30)10-13/h4-11,22H,3,12H2,1-2H3,(H,35,40)(H,36,39)(H,37,38)/t22-/m0/s1. The van der Waals surface area contributed by atoms with Crippen LogP contribution in [0.1, 0.15) is 35.7 Å². The third-order valence-electron chi connectivity index (χ3n) is 5.57. The molecule has 0 aromatic heterocycles. The number of alkyl halides is 2. The topological polar surface area (TPSA) is 96.5 Å². The lowest BCUT2D eigenvalue weighted by molar-refractivity contribution is -0.120. The molecule has 0 bridgehead atoms. The van der Waals surface area contributed by atoms with Crippen molar-refractivity contribution in [1.29, 1.82) is 0 Å². The molecule has 3 aromatic rings. The Hall–Kier alpha value is -2.66. The van der Waals surface area contributed by atoms with Crippen molar-refractivity contribution in [3.8, 4) is 0 Å². The summed E-state index contributed by atoms with van der Waals surface area (Å²) in [5.74, 6) is -5.71. The Labute approximate surface area is 259 Å². The molecule has 218 valence electrons. The molecule has 41 heavy (non-hydrogen) atoms. The van der Waals surface area contributed by atoms with E-state index < -0.39 is 57.6 Å². The normalized spacial score (nSPS) is 12.0. The van der Waals surface area contributed by atoms with Gasteiger partial charge in [-0.05, 0) is 61.9 Å². The van der Waals surface area contributed by atoms with Gasteiger partial charge < -0.3 is 20.7 Å². The van der Waals surface area contributed by atoms with E-state index in [-0.39, 0.29) is 32.9 Å². The second-order valence-corrected chi connectivity index (χ2v) is 11.7. The number of nitrogens with one attached hydrogen (secondary N) is 3. The molecule has 0 aliphatic rings. The van der Waals surface area contributed by atoms with E-state index in [2.05, 4.69) is 16.0 Å². The SMILES string of the molecule is CCOCC(=O)Nc1c(F)ccc(NC(=O)c2cc(NC(=O)[C@H](c3ccc(Cl)c(Cl)c3)C(C)(Cl)Cl)ccc2Cl)c1F. The Morgan fingerprint density at radius 1 is 0.902 bits per heavy atom. The lowest BCUT2D eigenvalue weighted by Crippen LogP contribution is -2.32. The molecule has 3 amide bonds. The van der Waals surface area contributed by atoms with E-state index in [0.29, 0.717) is 5.56 Å². The van der Waals surface area contributed by atoms with Crippen molar-refractivity contribution in [2.45, 2.75) is 24.1 Å². The average molecular weight is 668 g/mol. The number of anilines is 3. The molecule has 0 aliphatic heterocycles. The van der Waals surface area contributed by atoms with E-state index in [0.717, 1.165) is 12.1 Å². The molecule has 0 saturated carbocycles. The number of carbonyl (C=O) groups excluding carboxylic acids is 3. The number of hydrogen-bond donors (Lipinski definition) is 3. The first kappa shape index (κ1) is 32.8. The highest BCUT2D eigenvalue weighted by Gasteiger charge is 2.37. The molecular formula is C27H22Cl5F2N3O4. The predicted octanol–water partition coefficient (Wildman–Crippen LogP) is 8.07. The molecule has 7 nitrogen and oxygen atoms in total. The summed E-state index contributed by atoms with van der Waals surface area (Å²) in [6, 6.07) is 10.3. The maximum Gasteiger partial charge on any atom is 0.257 e. The first-order valence-electron chi connectivity index (χ1n) is 11.8. The predicted molar refractivity (Wildman–Crippen MR) is 159 cm³/mol. The Morgan fingerprint density at radius 2 is 1.59 bits per heavy atom. The molecule has 0 unspecified atom stereocenters. The van der Waals surface area contributed by atoms with Gasteiger partial charge in [0.15, 0.2) is 5.82 Å². The van der Waals surface area contributed by atoms with Crippen LogP contribution < -0.4 is 16.0 Å². The minimum atomic E-state index is -1.58. The van der Waals surface area contributed by atoms with E-state index in [1.807, 2.05) is 0 Å². The van der Waals surface area contributed by atoms with Crippen LogP contribution in [0.25, 0.3) is 0 Å². The minimum Gasteiger partial charge on any atom is -0.372 e. The van der Waals surface area contributed by atoms with Gasteiger partial charge >= 0.3 is 0 Å². The van der Waals surface area contributed by atoms with Crippen LogP contribution in [0, 0.1) is 11.6 Å². The number of rotatable bonds is 10. The molecule has 3 rings (SSSR count). The summed E-state index contributed by atoms with van der Waals surface area (Å²) in [6.07, 6.45) is 0. The van der Waals surface area contributed by atoms with Gasteiger partial charge in [-0.25, -0.2) is 8.78 Å². The van der Waals surface area contributed by atoms with Gasteiger partial charge in [0, 0.05) is 12.3 Å². The maximum absolute atomic E-state index is 15.0. The van der Waals surface area contributed by atoms with Crippen molar-refractivity contribution in [1.82, 2.24) is 0 Å². The van der Waals surface area contributed by atoms with Crippen LogP contribution >= 0.6 is 58.0 Å². The van der Waals surface area contributed by atoms with Gasteiger partial charge in [0.2, 0.25) is 5.91 Å². The highest BCUT2D eigenvalue weighted by molar-refractivity contribution is 6.50.